The molecule has 216 valence electrons. The van der Waals surface area contributed by atoms with Crippen molar-refractivity contribution in [2.75, 3.05) is 0 Å². The smallest absolute Gasteiger partial charge is 0.253 e. The van der Waals surface area contributed by atoms with Crippen LogP contribution in [0.25, 0.3) is 5.69 Å². The topological polar surface area (TPSA) is 77.5 Å². The average Bonchev–Trinajstić information content (AvgIpc) is 3.68. The molecule has 41 heavy (non-hydrogen) atoms. The first-order chi connectivity index (χ1) is 19.8. The standard InChI is InChI=1S/C17H21N3O.C15H17N3.C2H6/c1-6-9-14(11-18)17(13(5)8-3)20-16(21)10-15(19-20)12(4)7-2;1-3-11-17(4-2)13-14-6-8-15(9-7-14)18-12-5-10-16-18;1-2/h6-9H,10H2,1-5H3;3-12H,2,13H2,1H3;1-2H3/b9-6-,12-7+,13-8-,17-14-;11-3+;. The number of carbonyl (C=O) groups excluding carboxylic acids is 1. The molecule has 1 aromatic carbocycles. The van der Waals surface area contributed by atoms with Gasteiger partial charge in [0.1, 0.15) is 6.07 Å². The van der Waals surface area contributed by atoms with Crippen LogP contribution in [0.4, 0.5) is 0 Å². The van der Waals surface area contributed by atoms with Crippen LogP contribution in [-0.4, -0.2) is 31.3 Å². The molecule has 2 heterocycles. The molecule has 0 spiro atoms. The first kappa shape index (κ1) is 34.3. The quantitative estimate of drug-likeness (QED) is 0.232. The maximum atomic E-state index is 12.3. The van der Waals surface area contributed by atoms with E-state index >= 15 is 0 Å². The molecule has 0 saturated heterocycles. The van der Waals surface area contributed by atoms with Crippen molar-refractivity contribution in [3.63, 3.8) is 0 Å². The highest BCUT2D eigenvalue weighted by Crippen LogP contribution is 2.26. The summed E-state index contributed by atoms with van der Waals surface area (Å²) < 4.78 is 1.85. The van der Waals surface area contributed by atoms with E-state index < -0.39 is 0 Å². The molecule has 0 aliphatic carbocycles. The minimum Gasteiger partial charge on any atom is -0.351 e. The van der Waals surface area contributed by atoms with Gasteiger partial charge in [-0.15, -0.1) is 0 Å². The van der Waals surface area contributed by atoms with Crippen LogP contribution < -0.4 is 0 Å². The Balaban J connectivity index is 0.000000390. The number of nitrogens with zero attached hydrogens (tertiary/aromatic N) is 6. The van der Waals surface area contributed by atoms with Crippen LogP contribution in [0.15, 0.2) is 120 Å². The molecule has 1 aromatic heterocycles. The minimum absolute atomic E-state index is 0.111. The Morgan fingerprint density at radius 1 is 1.10 bits per heavy atom. The predicted molar refractivity (Wildman–Crippen MR) is 171 cm³/mol. The summed E-state index contributed by atoms with van der Waals surface area (Å²) in [7, 11) is 0. The molecular formula is C34H44N6O. The summed E-state index contributed by atoms with van der Waals surface area (Å²) in [6, 6.07) is 12.4. The zero-order valence-electron chi connectivity index (χ0n) is 25.8. The Labute approximate surface area is 246 Å². The second kappa shape index (κ2) is 18.6. The van der Waals surface area contributed by atoms with Gasteiger partial charge in [-0.05, 0) is 94.9 Å². The van der Waals surface area contributed by atoms with Crippen LogP contribution >= 0.6 is 0 Å². The summed E-state index contributed by atoms with van der Waals surface area (Å²) in [4.78, 5) is 14.3. The molecule has 0 N–H and O–H groups in total. The Morgan fingerprint density at radius 3 is 2.27 bits per heavy atom. The highest BCUT2D eigenvalue weighted by molar-refractivity contribution is 6.13. The van der Waals surface area contributed by atoms with E-state index in [9.17, 15) is 10.1 Å². The first-order valence-corrected chi connectivity index (χ1v) is 13.9. The number of amides is 1. The summed E-state index contributed by atoms with van der Waals surface area (Å²) in [5, 5.41) is 19.3. The third kappa shape index (κ3) is 10.1. The molecule has 1 aliphatic heterocycles. The van der Waals surface area contributed by atoms with Crippen LogP contribution in [0.2, 0.25) is 0 Å². The molecule has 0 saturated carbocycles. The molecule has 0 fully saturated rings. The molecule has 3 rings (SSSR count). The zero-order chi connectivity index (χ0) is 30.8. The van der Waals surface area contributed by atoms with Crippen molar-refractivity contribution in [2.45, 2.75) is 68.4 Å². The molecule has 2 aromatic rings. The van der Waals surface area contributed by atoms with Crippen LogP contribution in [-0.2, 0) is 11.3 Å². The first-order valence-electron chi connectivity index (χ1n) is 13.9. The molecule has 0 atom stereocenters. The summed E-state index contributed by atoms with van der Waals surface area (Å²) in [5.74, 6) is -0.111. The van der Waals surface area contributed by atoms with Gasteiger partial charge in [-0.2, -0.15) is 20.5 Å². The van der Waals surface area contributed by atoms with Crippen molar-refractivity contribution in [2.24, 2.45) is 5.10 Å². The summed E-state index contributed by atoms with van der Waals surface area (Å²) in [5.41, 5.74) is 5.88. The lowest BCUT2D eigenvalue weighted by atomic mass is 10.1. The molecule has 7 nitrogen and oxygen atoms in total. The van der Waals surface area contributed by atoms with Gasteiger partial charge in [0.25, 0.3) is 5.91 Å². The molecule has 7 heteroatoms. The van der Waals surface area contributed by atoms with Gasteiger partial charge in [0.15, 0.2) is 0 Å². The van der Waals surface area contributed by atoms with Crippen LogP contribution in [0, 0.1) is 11.3 Å². The second-order valence-corrected chi connectivity index (χ2v) is 8.70. The van der Waals surface area contributed by atoms with Crippen LogP contribution in [0.3, 0.4) is 0 Å². The molecule has 1 aliphatic rings. The lowest BCUT2D eigenvalue weighted by molar-refractivity contribution is -0.126. The van der Waals surface area contributed by atoms with Gasteiger partial charge in [0.05, 0.1) is 29.1 Å². The van der Waals surface area contributed by atoms with Gasteiger partial charge >= 0.3 is 0 Å². The summed E-state index contributed by atoms with van der Waals surface area (Å²) in [6.07, 6.45) is 17.1. The average molecular weight is 553 g/mol. The van der Waals surface area contributed by atoms with E-state index in [1.807, 2.05) is 108 Å². The number of carbonyl (C=O) groups is 1. The highest BCUT2D eigenvalue weighted by Gasteiger charge is 2.29. The Morgan fingerprint density at radius 2 is 1.78 bits per heavy atom. The van der Waals surface area contributed by atoms with E-state index in [1.54, 1.807) is 18.3 Å². The fourth-order valence-corrected chi connectivity index (χ4v) is 3.71. The van der Waals surface area contributed by atoms with Crippen molar-refractivity contribution < 1.29 is 4.79 Å². The minimum atomic E-state index is -0.111. The molecule has 0 bridgehead atoms. The monoisotopic (exact) mass is 552 g/mol. The predicted octanol–water partition coefficient (Wildman–Crippen LogP) is 8.24. The number of hydrogen-bond donors (Lipinski definition) is 0. The number of hydrogen-bond acceptors (Lipinski definition) is 5. The fraction of sp³-hybridized carbons (Fsp3) is 0.294. The number of benzene rings is 1. The highest BCUT2D eigenvalue weighted by atomic mass is 16.2. The van der Waals surface area contributed by atoms with Crippen molar-refractivity contribution in [3.05, 3.63) is 120 Å². The van der Waals surface area contributed by atoms with Crippen molar-refractivity contribution in [1.82, 2.24) is 19.7 Å². The molecular weight excluding hydrogens is 508 g/mol. The van der Waals surface area contributed by atoms with E-state index in [0.717, 1.165) is 29.1 Å². The third-order valence-electron chi connectivity index (χ3n) is 6.04. The van der Waals surface area contributed by atoms with Crippen LogP contribution in [0.1, 0.15) is 67.4 Å². The number of nitriles is 1. The van der Waals surface area contributed by atoms with Gasteiger partial charge in [-0.25, -0.2) is 4.68 Å². The van der Waals surface area contributed by atoms with E-state index in [1.165, 1.54) is 10.6 Å². The van der Waals surface area contributed by atoms with Crippen molar-refractivity contribution >= 4 is 11.6 Å². The summed E-state index contributed by atoms with van der Waals surface area (Å²) >= 11 is 0. The Hall–Kier alpha value is -4.70. The lowest BCUT2D eigenvalue weighted by Gasteiger charge is -2.17. The molecule has 0 radical (unpaired) electrons. The third-order valence-corrected chi connectivity index (χ3v) is 6.04. The zero-order valence-corrected chi connectivity index (χ0v) is 25.8. The molecule has 1 amide bonds. The van der Waals surface area contributed by atoms with E-state index in [0.29, 0.717) is 11.3 Å². The SMILES string of the molecule is C=CN(/C=C/C)Cc1ccc(-n2cccn2)cc1.CC.C\C=C/C(C#N)=C(\C(C)=C/C)N1N=C(/C(C)=C/C)CC1=O. The molecule has 0 unspecified atom stereocenters. The van der Waals surface area contributed by atoms with Crippen molar-refractivity contribution in [1.29, 1.82) is 5.26 Å². The summed E-state index contributed by atoms with van der Waals surface area (Å²) in [6.45, 7) is 20.1. The van der Waals surface area contributed by atoms with Gasteiger partial charge in [0.2, 0.25) is 0 Å². The maximum Gasteiger partial charge on any atom is 0.253 e. The number of hydrazone groups is 1. The van der Waals surface area contributed by atoms with Gasteiger partial charge in [-0.3, -0.25) is 4.79 Å². The normalized spacial score (nSPS) is 14.1. The number of allylic oxidation sites excluding steroid dienone is 8. The van der Waals surface area contributed by atoms with Crippen molar-refractivity contribution in [3.8, 4) is 11.8 Å². The fourth-order valence-electron chi connectivity index (χ4n) is 3.71. The second-order valence-electron chi connectivity index (χ2n) is 8.70. The van der Waals surface area contributed by atoms with Gasteiger partial charge < -0.3 is 4.90 Å². The number of aromatic nitrogens is 2. The van der Waals surface area contributed by atoms with E-state index in [4.69, 9.17) is 0 Å². The maximum absolute atomic E-state index is 12.3. The van der Waals surface area contributed by atoms with E-state index in [-0.39, 0.29) is 12.3 Å². The van der Waals surface area contributed by atoms with E-state index in [2.05, 4.69) is 47.1 Å². The largest absolute Gasteiger partial charge is 0.351 e. The Bertz CT molecular complexity index is 1350. The Kier molecular flexibility index (Phi) is 15.5. The lowest BCUT2D eigenvalue weighted by Crippen LogP contribution is -2.22. The van der Waals surface area contributed by atoms with Gasteiger partial charge in [0, 0.05) is 18.9 Å². The number of rotatable bonds is 9. The van der Waals surface area contributed by atoms with Crippen LogP contribution in [0.5, 0.6) is 0 Å². The van der Waals surface area contributed by atoms with Gasteiger partial charge in [-0.1, -0.05) is 56.9 Å².